The first-order chi connectivity index (χ1) is 10.2. The quantitative estimate of drug-likeness (QED) is 0.809. The second-order valence-electron chi connectivity index (χ2n) is 5.09. The van der Waals surface area contributed by atoms with Gasteiger partial charge in [-0.15, -0.1) is 0 Å². The minimum atomic E-state index is 0.192. The summed E-state index contributed by atoms with van der Waals surface area (Å²) in [7, 11) is 1.67. The predicted octanol–water partition coefficient (Wildman–Crippen LogP) is 3.66. The molecule has 2 rings (SSSR count). The molecule has 4 heteroatoms. The summed E-state index contributed by atoms with van der Waals surface area (Å²) in [5.41, 5.74) is 8.52. The van der Waals surface area contributed by atoms with E-state index >= 15 is 0 Å². The van der Waals surface area contributed by atoms with Crippen molar-refractivity contribution in [2.45, 2.75) is 32.2 Å². The van der Waals surface area contributed by atoms with E-state index in [-0.39, 0.29) is 6.04 Å². The minimum Gasteiger partial charge on any atom is -0.493 e. The van der Waals surface area contributed by atoms with E-state index in [1.165, 1.54) is 11.1 Å². The molecule has 21 heavy (non-hydrogen) atoms. The summed E-state index contributed by atoms with van der Waals surface area (Å²) >= 11 is 1.71. The van der Waals surface area contributed by atoms with Gasteiger partial charge in [-0.1, -0.05) is 13.0 Å². The largest absolute Gasteiger partial charge is 0.493 e. The fraction of sp³-hybridized carbons (Fsp3) is 0.412. The Bertz CT molecular complexity index is 540. The van der Waals surface area contributed by atoms with Crippen LogP contribution >= 0.6 is 11.3 Å². The highest BCUT2D eigenvalue weighted by Crippen LogP contribution is 2.28. The van der Waals surface area contributed by atoms with Crippen LogP contribution in [0.15, 0.2) is 35.0 Å². The molecule has 0 aliphatic carbocycles. The lowest BCUT2D eigenvalue weighted by Gasteiger charge is -2.14. The highest BCUT2D eigenvalue weighted by Gasteiger charge is 2.08. The molecule has 114 valence electrons. The molecule has 2 aromatic rings. The maximum absolute atomic E-state index is 6.02. The first-order valence-corrected chi connectivity index (χ1v) is 8.23. The van der Waals surface area contributed by atoms with Gasteiger partial charge >= 0.3 is 0 Å². The minimum absolute atomic E-state index is 0.192. The van der Waals surface area contributed by atoms with Gasteiger partial charge in [-0.3, -0.25) is 0 Å². The molecule has 0 aliphatic heterocycles. The van der Waals surface area contributed by atoms with Crippen molar-refractivity contribution in [3.8, 4) is 11.5 Å². The zero-order valence-electron chi connectivity index (χ0n) is 12.7. The Kier molecular flexibility index (Phi) is 6.08. The van der Waals surface area contributed by atoms with Gasteiger partial charge in [0.25, 0.3) is 0 Å². The molecule has 0 saturated heterocycles. The van der Waals surface area contributed by atoms with E-state index in [9.17, 15) is 0 Å². The zero-order chi connectivity index (χ0) is 15.1. The summed E-state index contributed by atoms with van der Waals surface area (Å²) in [6, 6.07) is 8.37. The fourth-order valence-electron chi connectivity index (χ4n) is 2.12. The summed E-state index contributed by atoms with van der Waals surface area (Å²) in [6.07, 6.45) is 2.74. The number of methoxy groups -OCH3 is 1. The molecular weight excluding hydrogens is 282 g/mol. The number of thiophene rings is 1. The third kappa shape index (κ3) is 4.76. The molecule has 1 atom stereocenters. The van der Waals surface area contributed by atoms with Crippen molar-refractivity contribution in [3.05, 3.63) is 46.2 Å². The fourth-order valence-corrected chi connectivity index (χ4v) is 2.82. The van der Waals surface area contributed by atoms with Crippen molar-refractivity contribution < 1.29 is 9.47 Å². The van der Waals surface area contributed by atoms with Crippen LogP contribution in [0.25, 0.3) is 0 Å². The lowest BCUT2D eigenvalue weighted by molar-refractivity contribution is 0.297. The second kappa shape index (κ2) is 8.05. The van der Waals surface area contributed by atoms with Crippen LogP contribution in [0.4, 0.5) is 0 Å². The van der Waals surface area contributed by atoms with Gasteiger partial charge in [0.1, 0.15) is 0 Å². The Balaban J connectivity index is 1.99. The Morgan fingerprint density at radius 3 is 2.71 bits per heavy atom. The van der Waals surface area contributed by atoms with Gasteiger partial charge in [0.05, 0.1) is 13.7 Å². The molecule has 0 aliphatic rings. The van der Waals surface area contributed by atoms with E-state index in [0.29, 0.717) is 6.61 Å². The van der Waals surface area contributed by atoms with E-state index in [1.807, 2.05) is 12.1 Å². The highest BCUT2D eigenvalue weighted by atomic mass is 32.1. The summed E-state index contributed by atoms with van der Waals surface area (Å²) in [4.78, 5) is 0. The number of rotatable bonds is 8. The van der Waals surface area contributed by atoms with Gasteiger partial charge in [-0.2, -0.15) is 11.3 Å². The van der Waals surface area contributed by atoms with Crippen LogP contribution in [0.1, 0.15) is 24.5 Å². The third-order valence-electron chi connectivity index (χ3n) is 3.48. The number of hydrogen-bond donors (Lipinski definition) is 1. The van der Waals surface area contributed by atoms with Gasteiger partial charge in [0, 0.05) is 12.5 Å². The van der Waals surface area contributed by atoms with E-state index < -0.39 is 0 Å². The molecule has 1 heterocycles. The topological polar surface area (TPSA) is 44.5 Å². The number of nitrogens with two attached hydrogens (primary N) is 1. The molecule has 2 N–H and O–H groups in total. The van der Waals surface area contributed by atoms with E-state index in [4.69, 9.17) is 15.2 Å². The van der Waals surface area contributed by atoms with Crippen LogP contribution < -0.4 is 15.2 Å². The van der Waals surface area contributed by atoms with Crippen molar-refractivity contribution in [1.82, 2.24) is 0 Å². The molecule has 1 aromatic carbocycles. The second-order valence-corrected chi connectivity index (χ2v) is 5.87. The van der Waals surface area contributed by atoms with Gasteiger partial charge in [-0.25, -0.2) is 0 Å². The molecule has 1 unspecified atom stereocenters. The van der Waals surface area contributed by atoms with Gasteiger partial charge in [0.15, 0.2) is 11.5 Å². The summed E-state index contributed by atoms with van der Waals surface area (Å²) in [5, 5.41) is 4.24. The van der Waals surface area contributed by atoms with Gasteiger partial charge < -0.3 is 15.2 Å². The molecule has 0 saturated carbocycles. The average molecular weight is 305 g/mol. The number of ether oxygens (including phenoxy) is 2. The molecule has 0 bridgehead atoms. The molecule has 0 fully saturated rings. The Hall–Kier alpha value is -1.52. The normalized spacial score (nSPS) is 12.1. The molecule has 0 amide bonds. The molecule has 3 nitrogen and oxygen atoms in total. The maximum atomic E-state index is 6.02. The Labute approximate surface area is 130 Å². The SMILES string of the molecule is CCC(N)Cc1ccc(OC)c(OCCc2ccsc2)c1. The van der Waals surface area contributed by atoms with Crippen LogP contribution in [-0.4, -0.2) is 19.8 Å². The van der Waals surface area contributed by atoms with Crippen LogP contribution in [0.5, 0.6) is 11.5 Å². The highest BCUT2D eigenvalue weighted by molar-refractivity contribution is 7.07. The number of benzene rings is 1. The van der Waals surface area contributed by atoms with Gasteiger partial charge in [0.2, 0.25) is 0 Å². The van der Waals surface area contributed by atoms with Crippen molar-refractivity contribution in [1.29, 1.82) is 0 Å². The van der Waals surface area contributed by atoms with Gasteiger partial charge in [-0.05, 0) is 52.9 Å². The summed E-state index contributed by atoms with van der Waals surface area (Å²) in [6.45, 7) is 2.75. The van der Waals surface area contributed by atoms with Crippen molar-refractivity contribution in [2.24, 2.45) is 5.73 Å². The number of hydrogen-bond acceptors (Lipinski definition) is 4. The van der Waals surface area contributed by atoms with Crippen molar-refractivity contribution in [2.75, 3.05) is 13.7 Å². The average Bonchev–Trinajstić information content (AvgIpc) is 3.01. The van der Waals surface area contributed by atoms with Crippen LogP contribution in [-0.2, 0) is 12.8 Å². The van der Waals surface area contributed by atoms with Crippen LogP contribution in [0, 0.1) is 0 Å². The summed E-state index contributed by atoms with van der Waals surface area (Å²) in [5.74, 6) is 1.57. The molecule has 1 aromatic heterocycles. The molecule has 0 radical (unpaired) electrons. The first kappa shape index (κ1) is 15.9. The van der Waals surface area contributed by atoms with E-state index in [1.54, 1.807) is 18.4 Å². The third-order valence-corrected chi connectivity index (χ3v) is 4.21. The monoisotopic (exact) mass is 305 g/mol. The lowest BCUT2D eigenvalue weighted by atomic mass is 10.0. The Morgan fingerprint density at radius 2 is 2.05 bits per heavy atom. The zero-order valence-corrected chi connectivity index (χ0v) is 13.5. The standard InChI is InChI=1S/C17H23NO2S/c1-3-15(18)10-14-4-5-16(19-2)17(11-14)20-8-6-13-7-9-21-12-13/h4-5,7,9,11-12,15H,3,6,8,10,18H2,1-2H3. The molecular formula is C17H23NO2S. The van der Waals surface area contributed by atoms with E-state index in [0.717, 1.165) is 30.8 Å². The maximum Gasteiger partial charge on any atom is 0.161 e. The van der Waals surface area contributed by atoms with Crippen LogP contribution in [0.2, 0.25) is 0 Å². The predicted molar refractivity (Wildman–Crippen MR) is 88.5 cm³/mol. The first-order valence-electron chi connectivity index (χ1n) is 7.29. The van der Waals surface area contributed by atoms with Crippen molar-refractivity contribution in [3.63, 3.8) is 0 Å². The smallest absolute Gasteiger partial charge is 0.161 e. The van der Waals surface area contributed by atoms with E-state index in [2.05, 4.69) is 29.8 Å². The summed E-state index contributed by atoms with van der Waals surface area (Å²) < 4.78 is 11.3. The lowest BCUT2D eigenvalue weighted by Crippen LogP contribution is -2.21. The van der Waals surface area contributed by atoms with Crippen LogP contribution in [0.3, 0.4) is 0 Å². The Morgan fingerprint density at radius 1 is 1.19 bits per heavy atom. The van der Waals surface area contributed by atoms with Crippen molar-refractivity contribution >= 4 is 11.3 Å². The molecule has 0 spiro atoms.